The van der Waals surface area contributed by atoms with E-state index in [9.17, 15) is 9.59 Å². The van der Waals surface area contributed by atoms with E-state index in [4.69, 9.17) is 0 Å². The molecule has 2 amide bonds. The molecule has 0 saturated carbocycles. The summed E-state index contributed by atoms with van der Waals surface area (Å²) in [4.78, 5) is 29.8. The number of fused-ring (bicyclic) bond motifs is 1. The number of hydrogen-bond acceptors (Lipinski definition) is 3. The van der Waals surface area contributed by atoms with Crippen LogP contribution in [0.15, 0.2) is 42.7 Å². The van der Waals surface area contributed by atoms with Crippen LogP contribution in [-0.4, -0.2) is 23.8 Å². The monoisotopic (exact) mass is 309 g/mol. The molecule has 0 unspecified atom stereocenters. The van der Waals surface area contributed by atoms with Crippen molar-refractivity contribution < 1.29 is 9.59 Å². The summed E-state index contributed by atoms with van der Waals surface area (Å²) in [5.41, 5.74) is 3.64. The number of pyridine rings is 1. The van der Waals surface area contributed by atoms with Crippen LogP contribution in [0.5, 0.6) is 0 Å². The molecule has 5 heteroatoms. The van der Waals surface area contributed by atoms with E-state index in [1.165, 1.54) is 0 Å². The van der Waals surface area contributed by atoms with Gasteiger partial charge in [0.25, 0.3) is 0 Å². The van der Waals surface area contributed by atoms with Crippen molar-refractivity contribution in [2.45, 2.75) is 25.7 Å². The van der Waals surface area contributed by atoms with Gasteiger partial charge in [0, 0.05) is 37.2 Å². The Morgan fingerprint density at radius 2 is 2.13 bits per heavy atom. The predicted molar refractivity (Wildman–Crippen MR) is 89.5 cm³/mol. The SMILES string of the molecule is C[C@H](C(=O)Nc1ccc2c(c1)CCC(=O)N2C)c1cccnc1. The highest BCUT2D eigenvalue weighted by Gasteiger charge is 2.21. The van der Waals surface area contributed by atoms with E-state index in [1.807, 2.05) is 37.3 Å². The van der Waals surface area contributed by atoms with Crippen LogP contribution in [0.3, 0.4) is 0 Å². The van der Waals surface area contributed by atoms with Gasteiger partial charge in [-0.05, 0) is 48.7 Å². The normalized spacial score (nSPS) is 15.0. The standard InChI is InChI=1S/C18H19N3O2/c1-12(14-4-3-9-19-11-14)18(23)20-15-6-7-16-13(10-15)5-8-17(22)21(16)2/h3-4,6-7,9-12H,5,8H2,1-2H3,(H,20,23)/t12-/m0/s1. The number of nitrogens with zero attached hydrogens (tertiary/aromatic N) is 2. The average molecular weight is 309 g/mol. The fraction of sp³-hybridized carbons (Fsp3) is 0.278. The number of carbonyl (C=O) groups excluding carboxylic acids is 2. The minimum Gasteiger partial charge on any atom is -0.326 e. The van der Waals surface area contributed by atoms with Gasteiger partial charge in [-0.25, -0.2) is 0 Å². The van der Waals surface area contributed by atoms with Gasteiger partial charge in [-0.15, -0.1) is 0 Å². The van der Waals surface area contributed by atoms with Gasteiger partial charge in [-0.3, -0.25) is 14.6 Å². The Balaban J connectivity index is 1.76. The van der Waals surface area contributed by atoms with Crippen molar-refractivity contribution in [1.29, 1.82) is 0 Å². The minimum absolute atomic E-state index is 0.0711. The van der Waals surface area contributed by atoms with E-state index in [2.05, 4.69) is 10.3 Å². The molecule has 1 aliphatic rings. The van der Waals surface area contributed by atoms with E-state index >= 15 is 0 Å². The molecule has 0 aliphatic carbocycles. The molecule has 0 radical (unpaired) electrons. The number of carbonyl (C=O) groups is 2. The molecule has 1 aliphatic heterocycles. The molecule has 118 valence electrons. The number of nitrogens with one attached hydrogen (secondary N) is 1. The highest BCUT2D eigenvalue weighted by atomic mass is 16.2. The summed E-state index contributed by atoms with van der Waals surface area (Å²) in [6.07, 6.45) is 4.61. The number of hydrogen-bond donors (Lipinski definition) is 1. The number of aromatic nitrogens is 1. The van der Waals surface area contributed by atoms with Crippen LogP contribution in [0.25, 0.3) is 0 Å². The van der Waals surface area contributed by atoms with Gasteiger partial charge < -0.3 is 10.2 Å². The van der Waals surface area contributed by atoms with E-state index in [0.717, 1.165) is 22.5 Å². The van der Waals surface area contributed by atoms with Crippen LogP contribution < -0.4 is 10.2 Å². The summed E-state index contributed by atoms with van der Waals surface area (Å²) in [6, 6.07) is 9.39. The number of rotatable bonds is 3. The van der Waals surface area contributed by atoms with Crippen LogP contribution >= 0.6 is 0 Å². The molecule has 2 heterocycles. The number of benzene rings is 1. The number of aryl methyl sites for hydroxylation is 1. The predicted octanol–water partition coefficient (Wildman–Crippen LogP) is 2.73. The maximum atomic E-state index is 12.4. The molecular weight excluding hydrogens is 290 g/mol. The van der Waals surface area contributed by atoms with Crippen molar-refractivity contribution in [3.05, 3.63) is 53.9 Å². The Bertz CT molecular complexity index is 743. The molecular formula is C18H19N3O2. The molecule has 0 fully saturated rings. The van der Waals surface area contributed by atoms with Crippen LogP contribution in [0.2, 0.25) is 0 Å². The molecule has 23 heavy (non-hydrogen) atoms. The lowest BCUT2D eigenvalue weighted by Gasteiger charge is -2.26. The lowest BCUT2D eigenvalue weighted by molar-refractivity contribution is -0.119. The maximum Gasteiger partial charge on any atom is 0.231 e. The molecule has 0 saturated heterocycles. The highest BCUT2D eigenvalue weighted by molar-refractivity contribution is 5.98. The third kappa shape index (κ3) is 3.08. The number of anilines is 2. The summed E-state index contributed by atoms with van der Waals surface area (Å²) in [5.74, 6) is -0.221. The van der Waals surface area contributed by atoms with Crippen molar-refractivity contribution in [2.24, 2.45) is 0 Å². The van der Waals surface area contributed by atoms with E-state index in [-0.39, 0.29) is 17.7 Å². The Morgan fingerprint density at radius 1 is 1.30 bits per heavy atom. The van der Waals surface area contributed by atoms with E-state index in [0.29, 0.717) is 12.8 Å². The van der Waals surface area contributed by atoms with Gasteiger partial charge in [0.1, 0.15) is 0 Å². The third-order valence-corrected chi connectivity index (χ3v) is 4.27. The van der Waals surface area contributed by atoms with Crippen molar-refractivity contribution in [1.82, 2.24) is 4.98 Å². The first kappa shape index (κ1) is 15.2. The molecule has 0 bridgehead atoms. The van der Waals surface area contributed by atoms with Crippen molar-refractivity contribution >= 4 is 23.2 Å². The zero-order valence-electron chi connectivity index (χ0n) is 13.2. The van der Waals surface area contributed by atoms with Crippen LogP contribution in [0.4, 0.5) is 11.4 Å². The second-order valence-electron chi connectivity index (χ2n) is 5.79. The Labute approximate surface area is 135 Å². The Kier molecular flexibility index (Phi) is 4.10. The van der Waals surface area contributed by atoms with Gasteiger partial charge in [-0.1, -0.05) is 6.07 Å². The van der Waals surface area contributed by atoms with Crippen molar-refractivity contribution in [3.8, 4) is 0 Å². The summed E-state index contributed by atoms with van der Waals surface area (Å²) < 4.78 is 0. The third-order valence-electron chi connectivity index (χ3n) is 4.27. The lowest BCUT2D eigenvalue weighted by atomic mass is 10.00. The molecule has 1 N–H and O–H groups in total. The first-order valence-corrected chi connectivity index (χ1v) is 7.66. The second-order valence-corrected chi connectivity index (χ2v) is 5.79. The fourth-order valence-corrected chi connectivity index (χ4v) is 2.77. The zero-order chi connectivity index (χ0) is 16.4. The van der Waals surface area contributed by atoms with Gasteiger partial charge in [0.15, 0.2) is 0 Å². The van der Waals surface area contributed by atoms with Crippen LogP contribution in [0, 0.1) is 0 Å². The molecule has 0 spiro atoms. The van der Waals surface area contributed by atoms with Crippen molar-refractivity contribution in [2.75, 3.05) is 17.3 Å². The topological polar surface area (TPSA) is 62.3 Å². The number of amides is 2. The first-order valence-electron chi connectivity index (χ1n) is 7.66. The van der Waals surface area contributed by atoms with Crippen LogP contribution in [0.1, 0.15) is 30.4 Å². The first-order chi connectivity index (χ1) is 11.1. The smallest absolute Gasteiger partial charge is 0.231 e. The zero-order valence-corrected chi connectivity index (χ0v) is 13.2. The van der Waals surface area contributed by atoms with Gasteiger partial charge in [0.2, 0.25) is 11.8 Å². The fourth-order valence-electron chi connectivity index (χ4n) is 2.77. The Morgan fingerprint density at radius 3 is 2.87 bits per heavy atom. The van der Waals surface area contributed by atoms with E-state index < -0.39 is 0 Å². The lowest BCUT2D eigenvalue weighted by Crippen LogP contribution is -2.31. The maximum absolute atomic E-state index is 12.4. The second kappa shape index (κ2) is 6.20. The quantitative estimate of drug-likeness (QED) is 0.948. The molecule has 3 rings (SSSR count). The summed E-state index contributed by atoms with van der Waals surface area (Å²) in [6.45, 7) is 1.86. The largest absolute Gasteiger partial charge is 0.326 e. The van der Waals surface area contributed by atoms with Gasteiger partial charge in [0.05, 0.1) is 5.92 Å². The average Bonchev–Trinajstić information content (AvgIpc) is 2.58. The molecule has 1 aromatic carbocycles. The Hall–Kier alpha value is -2.69. The summed E-state index contributed by atoms with van der Waals surface area (Å²) in [7, 11) is 1.78. The van der Waals surface area contributed by atoms with Gasteiger partial charge >= 0.3 is 0 Å². The van der Waals surface area contributed by atoms with Gasteiger partial charge in [-0.2, -0.15) is 0 Å². The molecule has 5 nitrogen and oxygen atoms in total. The highest BCUT2D eigenvalue weighted by Crippen LogP contribution is 2.29. The summed E-state index contributed by atoms with van der Waals surface area (Å²) >= 11 is 0. The molecule has 1 atom stereocenters. The van der Waals surface area contributed by atoms with E-state index in [1.54, 1.807) is 24.3 Å². The molecule has 1 aromatic heterocycles. The molecule has 2 aromatic rings. The van der Waals surface area contributed by atoms with Crippen molar-refractivity contribution in [3.63, 3.8) is 0 Å². The summed E-state index contributed by atoms with van der Waals surface area (Å²) in [5, 5.41) is 2.95. The van der Waals surface area contributed by atoms with Crippen LogP contribution in [-0.2, 0) is 16.0 Å². The minimum atomic E-state index is -0.274.